The van der Waals surface area contributed by atoms with Crippen LogP contribution in [0, 0.1) is 11.6 Å². The Bertz CT molecular complexity index is 480. The fourth-order valence-electron chi connectivity index (χ4n) is 1.89. The first-order valence-corrected chi connectivity index (χ1v) is 5.36. The molecule has 0 spiro atoms. The highest BCUT2D eigenvalue weighted by molar-refractivity contribution is 6.01. The second-order valence-electron chi connectivity index (χ2n) is 5.06. The van der Waals surface area contributed by atoms with E-state index < -0.39 is 17.2 Å². The van der Waals surface area contributed by atoms with Gasteiger partial charge in [0.1, 0.15) is 5.69 Å². The van der Waals surface area contributed by atoms with E-state index in [9.17, 15) is 13.6 Å². The zero-order chi connectivity index (χ0) is 12.8. The van der Waals surface area contributed by atoms with Crippen LogP contribution in [0.2, 0.25) is 0 Å². The lowest BCUT2D eigenvalue weighted by Crippen LogP contribution is -2.49. The van der Waals surface area contributed by atoms with Crippen LogP contribution in [0.15, 0.2) is 12.1 Å². The molecule has 1 aromatic rings. The zero-order valence-electron chi connectivity index (χ0n) is 9.97. The molecule has 0 radical (unpaired) electrons. The maximum Gasteiger partial charge on any atom is 0.243 e. The third-order valence-electron chi connectivity index (χ3n) is 2.72. The highest BCUT2D eigenvalue weighted by atomic mass is 19.2. The summed E-state index contributed by atoms with van der Waals surface area (Å²) in [6, 6.07) is 2.39. The Morgan fingerprint density at radius 3 is 2.53 bits per heavy atom. The van der Waals surface area contributed by atoms with Gasteiger partial charge in [0.2, 0.25) is 5.91 Å². The first-order chi connectivity index (χ1) is 7.80. The van der Waals surface area contributed by atoms with Crippen LogP contribution in [-0.2, 0) is 4.79 Å². The van der Waals surface area contributed by atoms with Crippen LogP contribution in [0.4, 0.5) is 20.2 Å². The lowest BCUT2D eigenvalue weighted by Gasteiger charge is -2.41. The van der Waals surface area contributed by atoms with Crippen LogP contribution >= 0.6 is 0 Å². The number of benzene rings is 1. The van der Waals surface area contributed by atoms with Crippen LogP contribution in [0.1, 0.15) is 20.8 Å². The number of halogens is 2. The molecule has 1 heterocycles. The molecular weight excluding hydrogens is 226 g/mol. The standard InChI is InChI=1S/C12H14F2N2O/c1-12(2,3)16-6-9(17)15-8-5-4-7(13)10(14)11(8)16/h4-5H,6H2,1-3H3,(H,15,17). The van der Waals surface area contributed by atoms with Gasteiger partial charge in [-0.25, -0.2) is 8.78 Å². The lowest BCUT2D eigenvalue weighted by atomic mass is 10.0. The topological polar surface area (TPSA) is 32.3 Å². The Morgan fingerprint density at radius 1 is 1.29 bits per heavy atom. The van der Waals surface area contributed by atoms with Crippen molar-refractivity contribution in [2.24, 2.45) is 0 Å². The minimum atomic E-state index is -0.919. The van der Waals surface area contributed by atoms with E-state index in [0.29, 0.717) is 5.69 Å². The maximum atomic E-state index is 13.8. The number of rotatable bonds is 0. The molecule has 5 heteroatoms. The molecule has 2 rings (SSSR count). The van der Waals surface area contributed by atoms with E-state index in [4.69, 9.17) is 0 Å². The summed E-state index contributed by atoms with van der Waals surface area (Å²) in [4.78, 5) is 13.1. The van der Waals surface area contributed by atoms with Gasteiger partial charge in [-0.3, -0.25) is 4.79 Å². The fraction of sp³-hybridized carbons (Fsp3) is 0.417. The van der Waals surface area contributed by atoms with Crippen LogP contribution < -0.4 is 10.2 Å². The number of carbonyl (C=O) groups is 1. The van der Waals surface area contributed by atoms with Crippen LogP contribution in [-0.4, -0.2) is 18.0 Å². The minimum absolute atomic E-state index is 0.0247. The van der Waals surface area contributed by atoms with Gasteiger partial charge in [-0.2, -0.15) is 0 Å². The van der Waals surface area contributed by atoms with Crippen molar-refractivity contribution in [3.05, 3.63) is 23.8 Å². The minimum Gasteiger partial charge on any atom is -0.353 e. The number of carbonyl (C=O) groups excluding carboxylic acids is 1. The predicted octanol–water partition coefficient (Wildman–Crippen LogP) is 2.52. The molecule has 1 aromatic carbocycles. The Hall–Kier alpha value is -1.65. The molecule has 1 amide bonds. The van der Waals surface area contributed by atoms with Crippen molar-refractivity contribution in [2.75, 3.05) is 16.8 Å². The van der Waals surface area contributed by atoms with Crippen LogP contribution in [0.25, 0.3) is 0 Å². The number of hydrogen-bond acceptors (Lipinski definition) is 2. The average Bonchev–Trinajstić information content (AvgIpc) is 2.21. The number of hydrogen-bond donors (Lipinski definition) is 1. The summed E-state index contributed by atoms with van der Waals surface area (Å²) in [5.41, 5.74) is -0.0200. The number of anilines is 2. The normalized spacial score (nSPS) is 15.6. The van der Waals surface area contributed by atoms with Crippen molar-refractivity contribution >= 4 is 17.3 Å². The van der Waals surface area contributed by atoms with Crippen molar-refractivity contribution in [1.82, 2.24) is 0 Å². The van der Waals surface area contributed by atoms with Gasteiger partial charge in [-0.15, -0.1) is 0 Å². The molecule has 3 nitrogen and oxygen atoms in total. The molecule has 0 unspecified atom stereocenters. The quantitative estimate of drug-likeness (QED) is 0.755. The van der Waals surface area contributed by atoms with Gasteiger partial charge in [0.25, 0.3) is 0 Å². The van der Waals surface area contributed by atoms with Crippen molar-refractivity contribution in [3.8, 4) is 0 Å². The molecule has 0 aromatic heterocycles. The molecule has 0 saturated heterocycles. The SMILES string of the molecule is CC(C)(C)N1CC(=O)Nc2ccc(F)c(F)c21. The van der Waals surface area contributed by atoms with E-state index in [0.717, 1.165) is 6.07 Å². The first kappa shape index (κ1) is 11.8. The summed E-state index contributed by atoms with van der Waals surface area (Å²) in [6.07, 6.45) is 0. The van der Waals surface area contributed by atoms with E-state index >= 15 is 0 Å². The van der Waals surface area contributed by atoms with Gasteiger partial charge in [0.05, 0.1) is 12.2 Å². The molecule has 1 aliphatic heterocycles. The molecule has 0 bridgehead atoms. The van der Waals surface area contributed by atoms with E-state index in [1.54, 1.807) is 4.90 Å². The smallest absolute Gasteiger partial charge is 0.243 e. The van der Waals surface area contributed by atoms with E-state index in [2.05, 4.69) is 5.32 Å². The third kappa shape index (κ3) is 1.97. The molecule has 17 heavy (non-hydrogen) atoms. The Labute approximate surface area is 98.4 Å². The third-order valence-corrected chi connectivity index (χ3v) is 2.72. The average molecular weight is 240 g/mol. The number of nitrogens with zero attached hydrogens (tertiary/aromatic N) is 1. The second-order valence-corrected chi connectivity index (χ2v) is 5.06. The van der Waals surface area contributed by atoms with E-state index in [-0.39, 0.29) is 18.1 Å². The van der Waals surface area contributed by atoms with Crippen molar-refractivity contribution < 1.29 is 13.6 Å². The summed E-state index contributed by atoms with van der Waals surface area (Å²) in [5.74, 6) is -2.05. The lowest BCUT2D eigenvalue weighted by molar-refractivity contribution is -0.115. The van der Waals surface area contributed by atoms with Crippen LogP contribution in [0.3, 0.4) is 0 Å². The summed E-state index contributed by atoms with van der Waals surface area (Å²) in [5, 5.41) is 2.54. The van der Waals surface area contributed by atoms with Crippen molar-refractivity contribution in [2.45, 2.75) is 26.3 Å². The van der Waals surface area contributed by atoms with Crippen LogP contribution in [0.5, 0.6) is 0 Å². The second kappa shape index (κ2) is 3.68. The first-order valence-electron chi connectivity index (χ1n) is 5.36. The summed E-state index contributed by atoms with van der Waals surface area (Å²) in [7, 11) is 0. The monoisotopic (exact) mass is 240 g/mol. The Morgan fingerprint density at radius 2 is 1.94 bits per heavy atom. The number of fused-ring (bicyclic) bond motifs is 1. The van der Waals surface area contributed by atoms with Gasteiger partial charge in [-0.05, 0) is 32.9 Å². The summed E-state index contributed by atoms with van der Waals surface area (Å²) in [6.45, 7) is 5.57. The van der Waals surface area contributed by atoms with Gasteiger partial charge in [0, 0.05) is 5.54 Å². The summed E-state index contributed by atoms with van der Waals surface area (Å²) < 4.78 is 27.1. The van der Waals surface area contributed by atoms with E-state index in [1.165, 1.54) is 6.07 Å². The molecular formula is C12H14F2N2O. The maximum absolute atomic E-state index is 13.8. The number of amides is 1. The largest absolute Gasteiger partial charge is 0.353 e. The number of nitrogens with one attached hydrogen (secondary N) is 1. The Kier molecular flexibility index (Phi) is 2.56. The molecule has 0 fully saturated rings. The van der Waals surface area contributed by atoms with Crippen molar-refractivity contribution in [1.29, 1.82) is 0 Å². The van der Waals surface area contributed by atoms with Gasteiger partial charge in [-0.1, -0.05) is 0 Å². The van der Waals surface area contributed by atoms with Gasteiger partial charge < -0.3 is 10.2 Å². The van der Waals surface area contributed by atoms with Gasteiger partial charge >= 0.3 is 0 Å². The predicted molar refractivity (Wildman–Crippen MR) is 62.1 cm³/mol. The Balaban J connectivity index is 2.62. The molecule has 1 aliphatic rings. The summed E-state index contributed by atoms with van der Waals surface area (Å²) >= 11 is 0. The zero-order valence-corrected chi connectivity index (χ0v) is 9.97. The fourth-order valence-corrected chi connectivity index (χ4v) is 1.89. The van der Waals surface area contributed by atoms with Crippen molar-refractivity contribution in [3.63, 3.8) is 0 Å². The molecule has 1 N–H and O–H groups in total. The highest BCUT2D eigenvalue weighted by Gasteiger charge is 2.33. The van der Waals surface area contributed by atoms with E-state index in [1.807, 2.05) is 20.8 Å². The molecule has 0 aliphatic carbocycles. The van der Waals surface area contributed by atoms with Gasteiger partial charge in [0.15, 0.2) is 11.6 Å². The molecule has 0 atom stereocenters. The molecule has 0 saturated carbocycles. The molecule has 92 valence electrons. The highest BCUT2D eigenvalue weighted by Crippen LogP contribution is 2.37.